The topological polar surface area (TPSA) is 102 Å². The molecule has 0 unspecified atom stereocenters. The number of amides is 1. The zero-order chi connectivity index (χ0) is 19.4. The molecule has 0 atom stereocenters. The van der Waals surface area contributed by atoms with Gasteiger partial charge in [-0.05, 0) is 30.2 Å². The molecular weight excluding hydrogens is 346 g/mol. The monoisotopic (exact) mass is 367 g/mol. The number of carbonyl (C=O) groups excluding carboxylic acids is 1. The molecular formula is C19H21N5O3. The predicted molar refractivity (Wildman–Crippen MR) is 101 cm³/mol. The van der Waals surface area contributed by atoms with Crippen LogP contribution >= 0.6 is 0 Å². The van der Waals surface area contributed by atoms with Gasteiger partial charge in [-0.1, -0.05) is 13.8 Å². The Morgan fingerprint density at radius 3 is 2.78 bits per heavy atom. The summed E-state index contributed by atoms with van der Waals surface area (Å²) in [5.41, 5.74) is 1.39. The summed E-state index contributed by atoms with van der Waals surface area (Å²) in [6, 6.07) is 8.26. The van der Waals surface area contributed by atoms with Gasteiger partial charge in [0.2, 0.25) is 5.88 Å². The highest BCUT2D eigenvalue weighted by Gasteiger charge is 2.13. The number of ether oxygens (including phenoxy) is 1. The predicted octanol–water partition coefficient (Wildman–Crippen LogP) is 2.02. The first-order valence-electron chi connectivity index (χ1n) is 8.55. The van der Waals surface area contributed by atoms with Crippen LogP contribution in [0.15, 0.2) is 47.5 Å². The maximum atomic E-state index is 12.4. The lowest BCUT2D eigenvalue weighted by molar-refractivity contribution is 0.0948. The number of pyridine rings is 2. The van der Waals surface area contributed by atoms with Crippen LogP contribution in [0.1, 0.15) is 24.2 Å². The largest absolute Gasteiger partial charge is 0.481 e. The van der Waals surface area contributed by atoms with E-state index in [0.717, 1.165) is 0 Å². The first-order chi connectivity index (χ1) is 13.0. The van der Waals surface area contributed by atoms with Crippen molar-refractivity contribution in [3.8, 4) is 23.0 Å². The fourth-order valence-electron chi connectivity index (χ4n) is 2.51. The first-order valence-corrected chi connectivity index (χ1v) is 8.55. The summed E-state index contributed by atoms with van der Waals surface area (Å²) in [6.45, 7) is 4.63. The van der Waals surface area contributed by atoms with Crippen molar-refractivity contribution in [2.45, 2.75) is 13.8 Å². The van der Waals surface area contributed by atoms with Crippen LogP contribution in [0.5, 0.6) is 5.88 Å². The van der Waals surface area contributed by atoms with E-state index >= 15 is 0 Å². The molecule has 8 heteroatoms. The van der Waals surface area contributed by atoms with E-state index in [1.807, 2.05) is 13.8 Å². The highest BCUT2D eigenvalue weighted by Crippen LogP contribution is 2.25. The van der Waals surface area contributed by atoms with Gasteiger partial charge in [-0.15, -0.1) is 0 Å². The highest BCUT2D eigenvalue weighted by molar-refractivity contribution is 5.93. The SMILES string of the molecule is COc1ncccc1-c1cc(=O)n(-c2ccc(C(=O)NCC(C)C)cn2)[nH]1. The molecule has 27 heavy (non-hydrogen) atoms. The number of carbonyl (C=O) groups is 1. The highest BCUT2D eigenvalue weighted by atomic mass is 16.5. The number of H-pyrrole nitrogens is 1. The van der Waals surface area contributed by atoms with E-state index < -0.39 is 0 Å². The van der Waals surface area contributed by atoms with E-state index in [-0.39, 0.29) is 11.5 Å². The molecule has 0 fully saturated rings. The summed E-state index contributed by atoms with van der Waals surface area (Å²) < 4.78 is 6.54. The Balaban J connectivity index is 1.86. The van der Waals surface area contributed by atoms with Crippen molar-refractivity contribution in [1.29, 1.82) is 0 Å². The average molecular weight is 367 g/mol. The van der Waals surface area contributed by atoms with Crippen LogP contribution in [0.4, 0.5) is 0 Å². The van der Waals surface area contributed by atoms with Crippen molar-refractivity contribution in [2.24, 2.45) is 5.92 Å². The van der Waals surface area contributed by atoms with E-state index in [2.05, 4.69) is 20.4 Å². The van der Waals surface area contributed by atoms with Crippen LogP contribution < -0.4 is 15.6 Å². The summed E-state index contributed by atoms with van der Waals surface area (Å²) in [5.74, 6) is 0.967. The number of aromatic amines is 1. The van der Waals surface area contributed by atoms with Crippen LogP contribution in [-0.4, -0.2) is 39.3 Å². The summed E-state index contributed by atoms with van der Waals surface area (Å²) >= 11 is 0. The molecule has 3 aromatic heterocycles. The molecule has 0 saturated carbocycles. The van der Waals surface area contributed by atoms with E-state index in [0.29, 0.717) is 41.0 Å². The number of nitrogens with one attached hydrogen (secondary N) is 2. The molecule has 3 heterocycles. The van der Waals surface area contributed by atoms with E-state index in [1.165, 1.54) is 24.1 Å². The number of nitrogens with zero attached hydrogens (tertiary/aromatic N) is 3. The zero-order valence-corrected chi connectivity index (χ0v) is 15.4. The lowest BCUT2D eigenvalue weighted by Gasteiger charge is -2.08. The Bertz CT molecular complexity index is 989. The molecule has 3 aromatic rings. The quantitative estimate of drug-likeness (QED) is 0.694. The summed E-state index contributed by atoms with van der Waals surface area (Å²) in [6.07, 6.45) is 3.06. The van der Waals surface area contributed by atoms with Crippen LogP contribution in [0, 0.1) is 5.92 Å². The van der Waals surface area contributed by atoms with Crippen LogP contribution in [0.25, 0.3) is 17.1 Å². The third kappa shape index (κ3) is 4.05. The molecule has 0 radical (unpaired) electrons. The Hall–Kier alpha value is -3.42. The fraction of sp³-hybridized carbons (Fsp3) is 0.263. The number of rotatable bonds is 6. The minimum absolute atomic E-state index is 0.192. The standard InChI is InChI=1S/C19H21N5O3/c1-12(2)10-22-18(26)13-6-7-16(21-11-13)24-17(25)9-15(23-24)14-5-4-8-20-19(14)27-3/h4-9,11-12,23H,10H2,1-3H3,(H,22,26). The molecule has 0 aliphatic heterocycles. The van der Waals surface area contributed by atoms with Gasteiger partial charge in [0, 0.05) is 25.0 Å². The molecule has 3 rings (SSSR count). The number of hydrogen-bond acceptors (Lipinski definition) is 5. The molecule has 0 aliphatic rings. The van der Waals surface area contributed by atoms with Gasteiger partial charge < -0.3 is 10.1 Å². The van der Waals surface area contributed by atoms with Gasteiger partial charge in [0.15, 0.2) is 5.82 Å². The minimum atomic E-state index is -0.277. The molecule has 0 saturated heterocycles. The van der Waals surface area contributed by atoms with Crippen molar-refractivity contribution in [3.63, 3.8) is 0 Å². The van der Waals surface area contributed by atoms with Crippen molar-refractivity contribution >= 4 is 5.91 Å². The van der Waals surface area contributed by atoms with Crippen molar-refractivity contribution < 1.29 is 9.53 Å². The van der Waals surface area contributed by atoms with Gasteiger partial charge in [-0.2, -0.15) is 0 Å². The van der Waals surface area contributed by atoms with Gasteiger partial charge in [-0.25, -0.2) is 14.6 Å². The summed E-state index contributed by atoms with van der Waals surface area (Å²) in [4.78, 5) is 32.8. The molecule has 0 aromatic carbocycles. The molecule has 2 N–H and O–H groups in total. The second-order valence-electron chi connectivity index (χ2n) is 6.41. The van der Waals surface area contributed by atoms with Gasteiger partial charge in [0.25, 0.3) is 11.5 Å². The third-order valence-electron chi connectivity index (χ3n) is 3.89. The van der Waals surface area contributed by atoms with Gasteiger partial charge in [0.1, 0.15) is 0 Å². The smallest absolute Gasteiger partial charge is 0.273 e. The third-order valence-corrected chi connectivity index (χ3v) is 3.89. The van der Waals surface area contributed by atoms with Crippen LogP contribution in [0.3, 0.4) is 0 Å². The molecule has 0 bridgehead atoms. The van der Waals surface area contributed by atoms with E-state index in [4.69, 9.17) is 4.74 Å². The lowest BCUT2D eigenvalue weighted by Crippen LogP contribution is -2.27. The Morgan fingerprint density at radius 1 is 1.30 bits per heavy atom. The number of methoxy groups -OCH3 is 1. The molecule has 0 aliphatic carbocycles. The second-order valence-corrected chi connectivity index (χ2v) is 6.41. The van der Waals surface area contributed by atoms with E-state index in [1.54, 1.807) is 30.5 Å². The Labute approximate surface area is 156 Å². The minimum Gasteiger partial charge on any atom is -0.481 e. The summed E-state index contributed by atoms with van der Waals surface area (Å²) in [5, 5.41) is 5.83. The molecule has 1 amide bonds. The van der Waals surface area contributed by atoms with Crippen LogP contribution in [-0.2, 0) is 0 Å². The van der Waals surface area contributed by atoms with Crippen LogP contribution in [0.2, 0.25) is 0 Å². The lowest BCUT2D eigenvalue weighted by atomic mass is 10.2. The number of hydrogen-bond donors (Lipinski definition) is 2. The van der Waals surface area contributed by atoms with Gasteiger partial charge >= 0.3 is 0 Å². The molecule has 0 spiro atoms. The maximum Gasteiger partial charge on any atom is 0.273 e. The summed E-state index contributed by atoms with van der Waals surface area (Å²) in [7, 11) is 1.52. The average Bonchev–Trinajstić information content (AvgIpc) is 3.07. The van der Waals surface area contributed by atoms with Crippen molar-refractivity contribution in [3.05, 3.63) is 58.6 Å². The van der Waals surface area contributed by atoms with Gasteiger partial charge in [0.05, 0.1) is 23.9 Å². The zero-order valence-electron chi connectivity index (χ0n) is 15.4. The molecule has 8 nitrogen and oxygen atoms in total. The van der Waals surface area contributed by atoms with Gasteiger partial charge in [-0.3, -0.25) is 14.7 Å². The number of aromatic nitrogens is 4. The fourth-order valence-corrected chi connectivity index (χ4v) is 2.51. The van der Waals surface area contributed by atoms with E-state index in [9.17, 15) is 9.59 Å². The Morgan fingerprint density at radius 2 is 2.11 bits per heavy atom. The van der Waals surface area contributed by atoms with Crippen molar-refractivity contribution in [1.82, 2.24) is 25.1 Å². The molecule has 140 valence electrons. The van der Waals surface area contributed by atoms with Crippen molar-refractivity contribution in [2.75, 3.05) is 13.7 Å². The normalized spacial score (nSPS) is 10.8. The Kier molecular flexibility index (Phi) is 5.35. The first kappa shape index (κ1) is 18.4. The maximum absolute atomic E-state index is 12.4. The second kappa shape index (κ2) is 7.86.